The van der Waals surface area contributed by atoms with Crippen molar-refractivity contribution in [3.05, 3.63) is 130 Å². The lowest BCUT2D eigenvalue weighted by molar-refractivity contribution is -0.143. The van der Waals surface area contributed by atoms with E-state index in [0.717, 1.165) is 32.2 Å². The van der Waals surface area contributed by atoms with E-state index >= 15 is 0 Å². The molecule has 1 aliphatic heterocycles. The van der Waals surface area contributed by atoms with E-state index in [-0.39, 0.29) is 11.7 Å². The smallest absolute Gasteiger partial charge is 0.338 e. The molecule has 0 saturated carbocycles. The molecule has 0 fully saturated rings. The van der Waals surface area contributed by atoms with E-state index in [0.29, 0.717) is 43.5 Å². The predicted octanol–water partition coefficient (Wildman–Crippen LogP) is 6.92. The number of ether oxygens (including phenoxy) is 2. The van der Waals surface area contributed by atoms with E-state index in [1.165, 1.54) is 11.3 Å². The minimum Gasteiger partial charge on any atom is -0.496 e. The van der Waals surface area contributed by atoms with Gasteiger partial charge in [0.05, 0.1) is 29.0 Å². The summed E-state index contributed by atoms with van der Waals surface area (Å²) in [5.74, 6) is 0.0202. The number of fused-ring (bicyclic) bond motifs is 2. The molecule has 45 heavy (non-hydrogen) atoms. The Labute approximate surface area is 277 Å². The molecule has 0 saturated heterocycles. The van der Waals surface area contributed by atoms with Gasteiger partial charge in [-0.05, 0) is 69.7 Å². The Kier molecular flexibility index (Phi) is 8.61. The molecule has 0 spiro atoms. The van der Waals surface area contributed by atoms with Gasteiger partial charge >= 0.3 is 5.97 Å². The van der Waals surface area contributed by atoms with Crippen LogP contribution >= 0.6 is 38.9 Å². The SMILES string of the molecule is COc1ccc(Br)cc1[C@@H]1C(C(=O)OC(C)C)=C(C)N=c2s/c(=C\c3c(C)n(Cc4ccccc4Cl)c4ccccc34)c(=O)n21. The maximum atomic E-state index is 14.4. The standard InChI is InChI=1S/C35H31BrClN3O4S/c1-19(2)44-34(42)31-20(3)38-35-40(32(31)26-16-23(36)14-15-29(26)43-5)33(41)30(45-35)17-25-21(4)39(28-13-9-7-11-24(25)28)18-22-10-6-8-12-27(22)37/h6-17,19,32H,18H2,1-5H3/b30-17-/t32-/m1/s1. The minimum absolute atomic E-state index is 0.254. The van der Waals surface area contributed by atoms with Gasteiger partial charge in [0.1, 0.15) is 11.8 Å². The van der Waals surface area contributed by atoms with Crippen molar-refractivity contribution in [3.8, 4) is 5.75 Å². The highest BCUT2D eigenvalue weighted by molar-refractivity contribution is 9.10. The summed E-state index contributed by atoms with van der Waals surface area (Å²) in [5, 5.41) is 1.73. The molecule has 0 unspecified atom stereocenters. The third-order valence-corrected chi connectivity index (χ3v) is 9.76. The average molecular weight is 705 g/mol. The fourth-order valence-electron chi connectivity index (χ4n) is 5.85. The van der Waals surface area contributed by atoms with Crippen LogP contribution < -0.4 is 19.6 Å². The van der Waals surface area contributed by atoms with Gasteiger partial charge in [-0.1, -0.05) is 75.3 Å². The summed E-state index contributed by atoms with van der Waals surface area (Å²) in [4.78, 5) is 33.2. The zero-order chi connectivity index (χ0) is 32.0. The van der Waals surface area contributed by atoms with Gasteiger partial charge in [0.2, 0.25) is 0 Å². The molecule has 0 amide bonds. The van der Waals surface area contributed by atoms with Gasteiger partial charge in [-0.3, -0.25) is 9.36 Å². The number of para-hydroxylation sites is 1. The van der Waals surface area contributed by atoms with Crippen LogP contribution in [-0.2, 0) is 16.1 Å². The Morgan fingerprint density at radius 2 is 1.84 bits per heavy atom. The van der Waals surface area contributed by atoms with Crippen molar-refractivity contribution < 1.29 is 14.3 Å². The van der Waals surface area contributed by atoms with E-state index in [1.54, 1.807) is 32.4 Å². The van der Waals surface area contributed by atoms with Gasteiger partial charge in [-0.25, -0.2) is 9.79 Å². The van der Waals surface area contributed by atoms with Crippen LogP contribution in [-0.4, -0.2) is 28.3 Å². The fraction of sp³-hybridized carbons (Fsp3) is 0.229. The maximum Gasteiger partial charge on any atom is 0.338 e. The Morgan fingerprint density at radius 1 is 1.11 bits per heavy atom. The van der Waals surface area contributed by atoms with Crippen molar-refractivity contribution in [2.75, 3.05) is 7.11 Å². The number of benzene rings is 3. The number of aromatic nitrogens is 2. The molecule has 1 atom stereocenters. The van der Waals surface area contributed by atoms with E-state index in [1.807, 2.05) is 60.7 Å². The van der Waals surface area contributed by atoms with Gasteiger partial charge < -0.3 is 14.0 Å². The number of carbonyl (C=O) groups is 1. The van der Waals surface area contributed by atoms with Crippen LogP contribution in [0.3, 0.4) is 0 Å². The predicted molar refractivity (Wildman–Crippen MR) is 183 cm³/mol. The third kappa shape index (κ3) is 5.69. The lowest BCUT2D eigenvalue weighted by Crippen LogP contribution is -2.40. The van der Waals surface area contributed by atoms with E-state index in [9.17, 15) is 9.59 Å². The van der Waals surface area contributed by atoms with Gasteiger partial charge in [0.25, 0.3) is 5.56 Å². The fourth-order valence-corrected chi connectivity index (χ4v) is 7.45. The summed E-state index contributed by atoms with van der Waals surface area (Å²) in [6.45, 7) is 8.01. The first-order valence-corrected chi connectivity index (χ1v) is 16.5. The van der Waals surface area contributed by atoms with E-state index < -0.39 is 12.0 Å². The van der Waals surface area contributed by atoms with E-state index in [4.69, 9.17) is 26.1 Å². The van der Waals surface area contributed by atoms with Crippen LogP contribution in [0, 0.1) is 6.92 Å². The molecular weight excluding hydrogens is 674 g/mol. The molecular formula is C35H31BrClN3O4S. The largest absolute Gasteiger partial charge is 0.496 e. The van der Waals surface area contributed by atoms with Crippen molar-refractivity contribution in [3.63, 3.8) is 0 Å². The quantitative estimate of drug-likeness (QED) is 0.173. The zero-order valence-electron chi connectivity index (χ0n) is 25.4. The summed E-state index contributed by atoms with van der Waals surface area (Å²) in [5.41, 5.74) is 5.18. The second-order valence-corrected chi connectivity index (χ2v) is 13.4. The van der Waals surface area contributed by atoms with Crippen molar-refractivity contribution in [2.45, 2.75) is 46.4 Å². The zero-order valence-corrected chi connectivity index (χ0v) is 28.6. The molecule has 230 valence electrons. The summed E-state index contributed by atoms with van der Waals surface area (Å²) in [7, 11) is 1.57. The van der Waals surface area contributed by atoms with Crippen molar-refractivity contribution in [1.29, 1.82) is 0 Å². The Morgan fingerprint density at radius 3 is 2.58 bits per heavy atom. The second-order valence-electron chi connectivity index (χ2n) is 11.1. The number of rotatable bonds is 7. The number of thiazole rings is 1. The third-order valence-electron chi connectivity index (χ3n) is 7.91. The van der Waals surface area contributed by atoms with Gasteiger partial charge in [0.15, 0.2) is 4.80 Å². The molecule has 10 heteroatoms. The molecule has 6 rings (SSSR count). The highest BCUT2D eigenvalue weighted by atomic mass is 79.9. The first-order chi connectivity index (χ1) is 21.6. The Hall–Kier alpha value is -3.92. The highest BCUT2D eigenvalue weighted by Gasteiger charge is 2.35. The topological polar surface area (TPSA) is 74.8 Å². The number of halogens is 2. The summed E-state index contributed by atoms with van der Waals surface area (Å²) in [6.07, 6.45) is 1.59. The number of esters is 1. The molecule has 2 aromatic heterocycles. The van der Waals surface area contributed by atoms with Gasteiger partial charge in [-0.2, -0.15) is 0 Å². The van der Waals surface area contributed by atoms with Gasteiger partial charge in [-0.15, -0.1) is 0 Å². The van der Waals surface area contributed by atoms with Crippen LogP contribution in [0.25, 0.3) is 17.0 Å². The lowest BCUT2D eigenvalue weighted by Gasteiger charge is -2.26. The van der Waals surface area contributed by atoms with Crippen LogP contribution in [0.1, 0.15) is 49.2 Å². The number of hydrogen-bond donors (Lipinski definition) is 0. The molecule has 0 radical (unpaired) electrons. The number of carbonyl (C=O) groups excluding carboxylic acids is 1. The van der Waals surface area contributed by atoms with Crippen LogP contribution in [0.15, 0.2) is 92.3 Å². The molecule has 0 aliphatic carbocycles. The van der Waals surface area contributed by atoms with Crippen molar-refractivity contribution in [1.82, 2.24) is 9.13 Å². The highest BCUT2D eigenvalue weighted by Crippen LogP contribution is 2.37. The summed E-state index contributed by atoms with van der Waals surface area (Å²) in [6, 6.07) is 20.7. The molecule has 7 nitrogen and oxygen atoms in total. The summed E-state index contributed by atoms with van der Waals surface area (Å²) >= 11 is 11.4. The minimum atomic E-state index is -0.801. The molecule has 1 aliphatic rings. The normalized spacial score (nSPS) is 15.0. The second kappa shape index (κ2) is 12.5. The molecule has 0 N–H and O–H groups in total. The van der Waals surface area contributed by atoms with Crippen LogP contribution in [0.5, 0.6) is 5.75 Å². The number of methoxy groups -OCH3 is 1. The monoisotopic (exact) mass is 703 g/mol. The summed E-state index contributed by atoms with van der Waals surface area (Å²) < 4.78 is 16.5. The number of nitrogens with zero attached hydrogens (tertiary/aromatic N) is 3. The molecule has 3 heterocycles. The van der Waals surface area contributed by atoms with Crippen molar-refractivity contribution in [2.24, 2.45) is 4.99 Å². The van der Waals surface area contributed by atoms with E-state index in [2.05, 4.69) is 39.6 Å². The van der Waals surface area contributed by atoms with Crippen molar-refractivity contribution >= 4 is 61.8 Å². The molecule has 0 bridgehead atoms. The molecule has 5 aromatic rings. The maximum absolute atomic E-state index is 14.4. The first-order valence-electron chi connectivity index (χ1n) is 14.5. The van der Waals surface area contributed by atoms with Crippen LogP contribution in [0.4, 0.5) is 0 Å². The number of hydrogen-bond acceptors (Lipinski definition) is 6. The van der Waals surface area contributed by atoms with Gasteiger partial charge in [0, 0.05) is 43.8 Å². The Bertz CT molecular complexity index is 2190. The first kappa shape index (κ1) is 31.1. The average Bonchev–Trinajstić information content (AvgIpc) is 3.45. The molecule has 3 aromatic carbocycles. The number of allylic oxidation sites excluding steroid dienone is 1. The van der Waals surface area contributed by atoms with Crippen LogP contribution in [0.2, 0.25) is 5.02 Å². The Balaban J connectivity index is 1.58. The lowest BCUT2D eigenvalue weighted by atomic mass is 9.95.